The Labute approximate surface area is 145 Å². The second-order valence-corrected chi connectivity index (χ2v) is 6.77. The van der Waals surface area contributed by atoms with Gasteiger partial charge in [-0.15, -0.1) is 0 Å². The van der Waals surface area contributed by atoms with E-state index in [9.17, 15) is 5.11 Å². The first-order chi connectivity index (χ1) is 11.8. The van der Waals surface area contributed by atoms with Gasteiger partial charge in [-0.05, 0) is 36.9 Å². The summed E-state index contributed by atoms with van der Waals surface area (Å²) in [6, 6.07) is 21.4. The van der Waals surface area contributed by atoms with Crippen LogP contribution in [0.4, 0.5) is 0 Å². The molecule has 0 spiro atoms. The van der Waals surface area contributed by atoms with E-state index < -0.39 is 0 Å². The Hall–Kier alpha value is -1.68. The van der Waals surface area contributed by atoms with Crippen molar-refractivity contribution in [3.63, 3.8) is 0 Å². The third-order valence-electron chi connectivity index (χ3n) is 4.79. The predicted molar refractivity (Wildman–Crippen MR) is 99.1 cm³/mol. The van der Waals surface area contributed by atoms with Crippen molar-refractivity contribution in [1.82, 2.24) is 10.2 Å². The van der Waals surface area contributed by atoms with Gasteiger partial charge in [-0.1, -0.05) is 60.7 Å². The molecular weight excluding hydrogens is 296 g/mol. The molecule has 0 bridgehead atoms. The molecule has 1 aliphatic rings. The molecule has 2 aromatic carbocycles. The van der Waals surface area contributed by atoms with Crippen LogP contribution in [-0.2, 0) is 12.8 Å². The Morgan fingerprint density at radius 3 is 2.38 bits per heavy atom. The van der Waals surface area contributed by atoms with Crippen LogP contribution in [0.25, 0.3) is 0 Å². The normalized spacial score (nSPS) is 19.5. The summed E-state index contributed by atoms with van der Waals surface area (Å²) in [6.45, 7) is 4.03. The van der Waals surface area contributed by atoms with Gasteiger partial charge in [0.1, 0.15) is 0 Å². The average molecular weight is 324 g/mol. The number of hydrogen-bond donors (Lipinski definition) is 2. The highest BCUT2D eigenvalue weighted by Gasteiger charge is 2.22. The molecule has 1 heterocycles. The minimum Gasteiger partial charge on any atom is -0.391 e. The van der Waals surface area contributed by atoms with Crippen LogP contribution in [0.3, 0.4) is 0 Å². The standard InChI is InChI=1S/C21H28N2O/c24-21(15-19-9-5-2-6-10-19)16-22-20-12-14-23(17-20)13-11-18-7-3-1-4-8-18/h1-10,20-22,24H,11-17H2. The van der Waals surface area contributed by atoms with E-state index in [4.69, 9.17) is 0 Å². The number of nitrogens with one attached hydrogen (secondary N) is 1. The first-order valence-corrected chi connectivity index (χ1v) is 9.01. The molecule has 0 amide bonds. The molecule has 0 radical (unpaired) electrons. The third kappa shape index (κ3) is 5.45. The second-order valence-electron chi connectivity index (χ2n) is 6.77. The van der Waals surface area contributed by atoms with Crippen molar-refractivity contribution in [2.24, 2.45) is 0 Å². The van der Waals surface area contributed by atoms with Crippen molar-refractivity contribution in [2.45, 2.75) is 31.4 Å². The van der Waals surface area contributed by atoms with Crippen molar-refractivity contribution in [3.8, 4) is 0 Å². The Balaban J connectivity index is 1.34. The summed E-state index contributed by atoms with van der Waals surface area (Å²) < 4.78 is 0. The van der Waals surface area contributed by atoms with Gasteiger partial charge in [0.25, 0.3) is 0 Å². The molecule has 3 rings (SSSR count). The molecule has 2 N–H and O–H groups in total. The molecule has 2 atom stereocenters. The molecule has 0 saturated carbocycles. The van der Waals surface area contributed by atoms with Gasteiger partial charge in [0.05, 0.1) is 6.10 Å². The van der Waals surface area contributed by atoms with E-state index in [1.54, 1.807) is 0 Å². The average Bonchev–Trinajstić information content (AvgIpc) is 3.08. The summed E-state index contributed by atoms with van der Waals surface area (Å²) >= 11 is 0. The van der Waals surface area contributed by atoms with Crippen LogP contribution in [0.1, 0.15) is 17.5 Å². The Morgan fingerprint density at radius 2 is 1.67 bits per heavy atom. The SMILES string of the molecule is OC(CNC1CCN(CCc2ccccc2)C1)Cc1ccccc1. The number of likely N-dealkylation sites (tertiary alicyclic amines) is 1. The molecule has 3 heteroatoms. The van der Waals surface area contributed by atoms with Crippen LogP contribution in [0, 0.1) is 0 Å². The fraction of sp³-hybridized carbons (Fsp3) is 0.429. The van der Waals surface area contributed by atoms with Gasteiger partial charge in [-0.2, -0.15) is 0 Å². The van der Waals surface area contributed by atoms with Gasteiger partial charge in [0.2, 0.25) is 0 Å². The lowest BCUT2D eigenvalue weighted by molar-refractivity contribution is 0.167. The zero-order chi connectivity index (χ0) is 16.6. The van der Waals surface area contributed by atoms with Gasteiger partial charge in [0.15, 0.2) is 0 Å². The van der Waals surface area contributed by atoms with E-state index in [-0.39, 0.29) is 6.10 Å². The van der Waals surface area contributed by atoms with Crippen molar-refractivity contribution >= 4 is 0 Å². The Bertz CT molecular complexity index is 587. The first kappa shape index (κ1) is 17.2. The van der Waals surface area contributed by atoms with Gasteiger partial charge < -0.3 is 15.3 Å². The van der Waals surface area contributed by atoms with E-state index in [0.717, 1.165) is 32.5 Å². The largest absolute Gasteiger partial charge is 0.391 e. The van der Waals surface area contributed by atoms with Crippen LogP contribution in [0.2, 0.25) is 0 Å². The summed E-state index contributed by atoms with van der Waals surface area (Å²) in [4.78, 5) is 2.52. The summed E-state index contributed by atoms with van der Waals surface area (Å²) in [6.07, 6.45) is 2.70. The minimum absolute atomic E-state index is 0.314. The van der Waals surface area contributed by atoms with Gasteiger partial charge in [-0.25, -0.2) is 0 Å². The van der Waals surface area contributed by atoms with Gasteiger partial charge in [-0.3, -0.25) is 0 Å². The molecule has 128 valence electrons. The van der Waals surface area contributed by atoms with E-state index >= 15 is 0 Å². The number of aliphatic hydroxyl groups excluding tert-OH is 1. The maximum absolute atomic E-state index is 10.2. The highest BCUT2D eigenvalue weighted by atomic mass is 16.3. The van der Waals surface area contributed by atoms with Gasteiger partial charge in [0, 0.05) is 25.7 Å². The van der Waals surface area contributed by atoms with Crippen LogP contribution in [0.5, 0.6) is 0 Å². The second kappa shape index (κ2) is 8.97. The molecule has 3 nitrogen and oxygen atoms in total. The molecular formula is C21H28N2O. The monoisotopic (exact) mass is 324 g/mol. The van der Waals surface area contributed by atoms with Crippen LogP contribution >= 0.6 is 0 Å². The number of nitrogens with zero attached hydrogens (tertiary/aromatic N) is 1. The highest BCUT2D eigenvalue weighted by molar-refractivity contribution is 5.16. The maximum atomic E-state index is 10.2. The molecule has 24 heavy (non-hydrogen) atoms. The fourth-order valence-corrected chi connectivity index (χ4v) is 3.40. The lowest BCUT2D eigenvalue weighted by atomic mass is 10.1. The molecule has 0 aromatic heterocycles. The number of rotatable bonds is 8. The maximum Gasteiger partial charge on any atom is 0.0704 e. The Morgan fingerprint density at radius 1 is 1.00 bits per heavy atom. The number of benzene rings is 2. The smallest absolute Gasteiger partial charge is 0.0704 e. The van der Waals surface area contributed by atoms with E-state index in [0.29, 0.717) is 12.6 Å². The number of hydrogen-bond acceptors (Lipinski definition) is 3. The predicted octanol–water partition coefficient (Wildman–Crippen LogP) is 2.50. The molecule has 1 saturated heterocycles. The van der Waals surface area contributed by atoms with Crippen molar-refractivity contribution in [2.75, 3.05) is 26.2 Å². The lowest BCUT2D eigenvalue weighted by Gasteiger charge is -2.18. The molecule has 1 fully saturated rings. The van der Waals surface area contributed by atoms with E-state index in [1.807, 2.05) is 18.2 Å². The van der Waals surface area contributed by atoms with Crippen molar-refractivity contribution in [3.05, 3.63) is 71.8 Å². The molecule has 2 aromatic rings. The summed E-state index contributed by atoms with van der Waals surface area (Å²) in [7, 11) is 0. The van der Waals surface area contributed by atoms with Crippen molar-refractivity contribution < 1.29 is 5.11 Å². The molecule has 1 aliphatic heterocycles. The van der Waals surface area contributed by atoms with Crippen LogP contribution in [0.15, 0.2) is 60.7 Å². The molecule has 2 unspecified atom stereocenters. The Kier molecular flexibility index (Phi) is 6.41. The van der Waals surface area contributed by atoms with E-state index in [2.05, 4.69) is 52.7 Å². The minimum atomic E-state index is -0.314. The van der Waals surface area contributed by atoms with Crippen LogP contribution in [-0.4, -0.2) is 48.3 Å². The summed E-state index contributed by atoms with van der Waals surface area (Å²) in [5, 5.41) is 13.7. The zero-order valence-electron chi connectivity index (χ0n) is 14.3. The quantitative estimate of drug-likeness (QED) is 0.783. The topological polar surface area (TPSA) is 35.5 Å². The van der Waals surface area contributed by atoms with E-state index in [1.165, 1.54) is 17.5 Å². The summed E-state index contributed by atoms with van der Waals surface area (Å²) in [5.41, 5.74) is 2.61. The molecule has 0 aliphatic carbocycles. The first-order valence-electron chi connectivity index (χ1n) is 9.01. The van der Waals surface area contributed by atoms with Gasteiger partial charge >= 0.3 is 0 Å². The summed E-state index contributed by atoms with van der Waals surface area (Å²) in [5.74, 6) is 0. The zero-order valence-corrected chi connectivity index (χ0v) is 14.3. The number of aliphatic hydroxyl groups is 1. The van der Waals surface area contributed by atoms with Crippen molar-refractivity contribution in [1.29, 1.82) is 0 Å². The third-order valence-corrected chi connectivity index (χ3v) is 4.79. The fourth-order valence-electron chi connectivity index (χ4n) is 3.40. The van der Waals surface area contributed by atoms with Crippen LogP contribution < -0.4 is 5.32 Å². The lowest BCUT2D eigenvalue weighted by Crippen LogP contribution is -2.38. The highest BCUT2D eigenvalue weighted by Crippen LogP contribution is 2.11.